The highest BCUT2D eigenvalue weighted by molar-refractivity contribution is 5.39. The highest BCUT2D eigenvalue weighted by Crippen LogP contribution is 2.25. The van der Waals surface area contributed by atoms with Gasteiger partial charge in [0.1, 0.15) is 0 Å². The Kier molecular flexibility index (Phi) is 3.34. The van der Waals surface area contributed by atoms with E-state index in [4.69, 9.17) is 5.26 Å². The minimum Gasteiger partial charge on any atom is -0.258 e. The van der Waals surface area contributed by atoms with E-state index in [-0.39, 0.29) is 0 Å². The van der Waals surface area contributed by atoms with Gasteiger partial charge in [-0.15, -0.1) is 0 Å². The first-order valence-corrected chi connectivity index (χ1v) is 4.43. The quantitative estimate of drug-likeness (QED) is 0.566. The monoisotopic (exact) mass is 208 g/mol. The molecule has 0 amide bonds. The largest absolute Gasteiger partial charge is 0.305 e. The lowest BCUT2D eigenvalue weighted by atomic mass is 9.98. The molecule has 1 atom stereocenters. The van der Waals surface area contributed by atoms with Crippen LogP contribution in [0.3, 0.4) is 0 Å². The summed E-state index contributed by atoms with van der Waals surface area (Å²) in [6.07, 6.45) is 0.541. The van der Waals surface area contributed by atoms with Gasteiger partial charge in [0.2, 0.25) is 5.82 Å². The van der Waals surface area contributed by atoms with Crippen LogP contribution in [-0.4, -0.2) is 4.92 Å². The third kappa shape index (κ3) is 2.29. The van der Waals surface area contributed by atoms with E-state index in [0.717, 1.165) is 12.1 Å². The van der Waals surface area contributed by atoms with Crippen LogP contribution in [0.1, 0.15) is 24.8 Å². The van der Waals surface area contributed by atoms with Gasteiger partial charge in [-0.3, -0.25) is 10.1 Å². The lowest BCUT2D eigenvalue weighted by Gasteiger charge is -2.05. The van der Waals surface area contributed by atoms with Crippen molar-refractivity contribution in [2.75, 3.05) is 0 Å². The van der Waals surface area contributed by atoms with Crippen LogP contribution in [0.25, 0.3) is 0 Å². The minimum absolute atomic E-state index is 0.427. The molecule has 0 aromatic heterocycles. The number of rotatable bonds is 3. The summed E-state index contributed by atoms with van der Waals surface area (Å²) >= 11 is 0. The van der Waals surface area contributed by atoms with E-state index in [2.05, 4.69) is 0 Å². The van der Waals surface area contributed by atoms with Crippen LogP contribution < -0.4 is 0 Å². The van der Waals surface area contributed by atoms with Crippen molar-refractivity contribution in [3.05, 3.63) is 39.7 Å². The average molecular weight is 208 g/mol. The number of nitrogens with zero attached hydrogens (tertiary/aromatic N) is 2. The van der Waals surface area contributed by atoms with Gasteiger partial charge in [0.05, 0.1) is 16.9 Å². The highest BCUT2D eigenvalue weighted by Gasteiger charge is 2.17. The molecule has 1 aromatic rings. The molecular formula is C10H9FN2O2. The number of nitriles is 1. The van der Waals surface area contributed by atoms with Gasteiger partial charge >= 0.3 is 5.69 Å². The minimum atomic E-state index is -0.878. The Bertz CT molecular complexity index is 426. The fourth-order valence-corrected chi connectivity index (χ4v) is 1.29. The Hall–Kier alpha value is -1.96. The number of hydrogen-bond acceptors (Lipinski definition) is 3. The van der Waals surface area contributed by atoms with Gasteiger partial charge < -0.3 is 0 Å². The van der Waals surface area contributed by atoms with E-state index < -0.39 is 22.3 Å². The Morgan fingerprint density at radius 3 is 2.80 bits per heavy atom. The van der Waals surface area contributed by atoms with Crippen molar-refractivity contribution >= 4 is 5.69 Å². The second kappa shape index (κ2) is 4.51. The predicted octanol–water partition coefficient (Wildman–Crippen LogP) is 2.75. The highest BCUT2D eigenvalue weighted by atomic mass is 19.1. The number of nitro groups is 1. The molecule has 1 rings (SSSR count). The summed E-state index contributed by atoms with van der Waals surface area (Å²) in [5.74, 6) is -1.30. The van der Waals surface area contributed by atoms with Crippen LogP contribution in [0.2, 0.25) is 0 Å². The Morgan fingerprint density at radius 1 is 1.67 bits per heavy atom. The first kappa shape index (κ1) is 11.1. The summed E-state index contributed by atoms with van der Waals surface area (Å²) in [4.78, 5) is 9.67. The van der Waals surface area contributed by atoms with Crippen LogP contribution in [0, 0.1) is 27.3 Å². The molecule has 15 heavy (non-hydrogen) atoms. The van der Waals surface area contributed by atoms with Gasteiger partial charge in [-0.05, 0) is 18.1 Å². The molecule has 0 fully saturated rings. The van der Waals surface area contributed by atoms with Crippen molar-refractivity contribution in [1.29, 1.82) is 5.26 Å². The van der Waals surface area contributed by atoms with E-state index in [0.29, 0.717) is 12.0 Å². The number of benzene rings is 1. The average Bonchev–Trinajstić information content (AvgIpc) is 2.21. The lowest BCUT2D eigenvalue weighted by molar-refractivity contribution is -0.387. The maximum absolute atomic E-state index is 13.0. The molecule has 5 heteroatoms. The standard InChI is InChI=1S/C10H9FN2O2/c1-2-7(6-12)8-3-4-9(11)10(5-8)13(14)15/h3-5,7H,2H2,1H3. The van der Waals surface area contributed by atoms with Crippen LogP contribution in [-0.2, 0) is 0 Å². The Balaban J connectivity index is 3.19. The predicted molar refractivity (Wildman–Crippen MR) is 51.7 cm³/mol. The topological polar surface area (TPSA) is 66.9 Å². The van der Waals surface area contributed by atoms with Gasteiger partial charge in [-0.1, -0.05) is 13.0 Å². The van der Waals surface area contributed by atoms with Crippen LogP contribution in [0.4, 0.5) is 10.1 Å². The van der Waals surface area contributed by atoms with E-state index in [1.807, 2.05) is 6.07 Å². The van der Waals surface area contributed by atoms with Crippen molar-refractivity contribution in [1.82, 2.24) is 0 Å². The molecule has 78 valence electrons. The third-order valence-corrected chi connectivity index (χ3v) is 2.13. The van der Waals surface area contributed by atoms with Crippen molar-refractivity contribution in [2.24, 2.45) is 0 Å². The molecule has 0 aliphatic heterocycles. The molecule has 4 nitrogen and oxygen atoms in total. The van der Waals surface area contributed by atoms with Crippen LogP contribution >= 0.6 is 0 Å². The van der Waals surface area contributed by atoms with Crippen molar-refractivity contribution in [2.45, 2.75) is 19.3 Å². The molecule has 0 heterocycles. The zero-order valence-electron chi connectivity index (χ0n) is 8.11. The fraction of sp³-hybridized carbons (Fsp3) is 0.300. The Morgan fingerprint density at radius 2 is 2.33 bits per heavy atom. The maximum Gasteiger partial charge on any atom is 0.305 e. The van der Waals surface area contributed by atoms with E-state index >= 15 is 0 Å². The number of hydrogen-bond donors (Lipinski definition) is 0. The van der Waals surface area contributed by atoms with Gasteiger partial charge in [0.15, 0.2) is 0 Å². The summed E-state index contributed by atoms with van der Waals surface area (Å²) in [6, 6.07) is 5.55. The molecule has 0 spiro atoms. The SMILES string of the molecule is CCC(C#N)c1ccc(F)c([N+](=O)[O-])c1. The summed E-state index contributed by atoms with van der Waals surface area (Å²) in [5.41, 5.74) is -0.103. The van der Waals surface area contributed by atoms with Crippen LogP contribution in [0.5, 0.6) is 0 Å². The van der Waals surface area contributed by atoms with Gasteiger partial charge in [0, 0.05) is 6.07 Å². The molecule has 0 aliphatic rings. The smallest absolute Gasteiger partial charge is 0.258 e. The second-order valence-electron chi connectivity index (χ2n) is 3.06. The summed E-state index contributed by atoms with van der Waals surface area (Å²) in [6.45, 7) is 1.79. The molecule has 0 N–H and O–H groups in total. The van der Waals surface area contributed by atoms with Crippen molar-refractivity contribution < 1.29 is 9.31 Å². The van der Waals surface area contributed by atoms with Gasteiger partial charge in [0.25, 0.3) is 0 Å². The molecule has 1 unspecified atom stereocenters. The summed E-state index contributed by atoms with van der Waals surface area (Å²) in [7, 11) is 0. The molecular weight excluding hydrogens is 199 g/mol. The third-order valence-electron chi connectivity index (χ3n) is 2.13. The zero-order valence-corrected chi connectivity index (χ0v) is 8.11. The van der Waals surface area contributed by atoms with Gasteiger partial charge in [-0.25, -0.2) is 0 Å². The Labute approximate surface area is 86.1 Å². The van der Waals surface area contributed by atoms with Gasteiger partial charge in [-0.2, -0.15) is 9.65 Å². The first-order valence-electron chi connectivity index (χ1n) is 4.43. The maximum atomic E-state index is 13.0. The molecule has 0 saturated heterocycles. The molecule has 0 bridgehead atoms. The fourth-order valence-electron chi connectivity index (χ4n) is 1.29. The normalized spacial score (nSPS) is 11.8. The molecule has 0 aliphatic carbocycles. The molecule has 1 aromatic carbocycles. The summed E-state index contributed by atoms with van der Waals surface area (Å²) in [5, 5.41) is 19.2. The number of nitro benzene ring substituents is 1. The van der Waals surface area contributed by atoms with E-state index in [1.54, 1.807) is 6.92 Å². The lowest BCUT2D eigenvalue weighted by Crippen LogP contribution is -1.98. The second-order valence-corrected chi connectivity index (χ2v) is 3.06. The summed E-state index contributed by atoms with van der Waals surface area (Å²) < 4.78 is 13.0. The molecule has 0 radical (unpaired) electrons. The zero-order chi connectivity index (χ0) is 11.4. The van der Waals surface area contributed by atoms with Crippen molar-refractivity contribution in [3.63, 3.8) is 0 Å². The van der Waals surface area contributed by atoms with E-state index in [1.165, 1.54) is 6.07 Å². The molecule has 0 saturated carbocycles. The van der Waals surface area contributed by atoms with E-state index in [9.17, 15) is 14.5 Å². The first-order chi connectivity index (χ1) is 7.10. The number of halogens is 1. The van der Waals surface area contributed by atoms with Crippen molar-refractivity contribution in [3.8, 4) is 6.07 Å². The van der Waals surface area contributed by atoms with Crippen LogP contribution in [0.15, 0.2) is 18.2 Å².